The van der Waals surface area contributed by atoms with E-state index in [2.05, 4.69) is 10.2 Å². The Morgan fingerprint density at radius 2 is 1.96 bits per heavy atom. The quantitative estimate of drug-likeness (QED) is 0.873. The number of primary amides is 1. The first-order valence-electron chi connectivity index (χ1n) is 7.69. The molecule has 0 unspecified atom stereocenters. The van der Waals surface area contributed by atoms with E-state index < -0.39 is 11.8 Å². The van der Waals surface area contributed by atoms with Gasteiger partial charge in [-0.05, 0) is 24.3 Å². The van der Waals surface area contributed by atoms with Crippen molar-refractivity contribution in [3.63, 3.8) is 0 Å². The summed E-state index contributed by atoms with van der Waals surface area (Å²) in [5.74, 6) is -0.542. The molecule has 0 radical (unpaired) electrons. The van der Waals surface area contributed by atoms with Crippen LogP contribution in [0, 0.1) is 11.8 Å². The van der Waals surface area contributed by atoms with E-state index in [0.29, 0.717) is 13.2 Å². The van der Waals surface area contributed by atoms with Crippen molar-refractivity contribution >= 4 is 11.8 Å². The van der Waals surface area contributed by atoms with Gasteiger partial charge in [0.1, 0.15) is 5.75 Å². The van der Waals surface area contributed by atoms with Gasteiger partial charge in [-0.1, -0.05) is 18.2 Å². The molecule has 2 heterocycles. The highest BCUT2D eigenvalue weighted by Crippen LogP contribution is 2.25. The van der Waals surface area contributed by atoms with E-state index in [1.807, 2.05) is 30.3 Å². The molecule has 1 fully saturated rings. The fourth-order valence-corrected chi connectivity index (χ4v) is 2.83. The molecule has 1 aliphatic heterocycles. The van der Waals surface area contributed by atoms with E-state index >= 15 is 0 Å². The van der Waals surface area contributed by atoms with E-state index in [9.17, 15) is 9.59 Å². The van der Waals surface area contributed by atoms with Crippen molar-refractivity contribution in [3.05, 3.63) is 54.4 Å². The van der Waals surface area contributed by atoms with Crippen molar-refractivity contribution < 1.29 is 14.3 Å². The summed E-state index contributed by atoms with van der Waals surface area (Å²) in [6.07, 6.45) is 1.50. The largest absolute Gasteiger partial charge is 0.493 e. The maximum Gasteiger partial charge on any atom is 0.274 e. The second-order valence-corrected chi connectivity index (χ2v) is 5.71. The molecule has 3 rings (SSSR count). The molecule has 0 saturated carbocycles. The summed E-state index contributed by atoms with van der Waals surface area (Å²) in [4.78, 5) is 25.8. The predicted molar refractivity (Wildman–Crippen MR) is 86.0 cm³/mol. The summed E-state index contributed by atoms with van der Waals surface area (Å²) in [5.41, 5.74) is 5.75. The molecule has 0 spiro atoms. The van der Waals surface area contributed by atoms with Crippen molar-refractivity contribution in [2.24, 2.45) is 17.6 Å². The number of nitrogens with two attached hydrogens (primary N) is 1. The fourth-order valence-electron chi connectivity index (χ4n) is 2.83. The van der Waals surface area contributed by atoms with E-state index in [-0.39, 0.29) is 24.1 Å². The van der Waals surface area contributed by atoms with E-state index in [1.54, 1.807) is 17.0 Å². The minimum absolute atomic E-state index is 0.150. The lowest BCUT2D eigenvalue weighted by Crippen LogP contribution is -2.33. The van der Waals surface area contributed by atoms with Crippen LogP contribution in [-0.2, 0) is 4.79 Å². The lowest BCUT2D eigenvalue weighted by molar-refractivity contribution is -0.122. The van der Waals surface area contributed by atoms with Crippen LogP contribution in [0.5, 0.6) is 5.75 Å². The summed E-state index contributed by atoms with van der Waals surface area (Å²) in [6.45, 7) is 0.991. The van der Waals surface area contributed by atoms with Crippen LogP contribution in [0.2, 0.25) is 0 Å². The Morgan fingerprint density at radius 1 is 1.17 bits per heavy atom. The molecule has 7 nitrogen and oxygen atoms in total. The third-order valence-electron chi connectivity index (χ3n) is 4.09. The van der Waals surface area contributed by atoms with Gasteiger partial charge < -0.3 is 15.4 Å². The molecule has 2 aromatic rings. The van der Waals surface area contributed by atoms with Crippen LogP contribution >= 0.6 is 0 Å². The molecule has 0 bridgehead atoms. The molecular weight excluding hydrogens is 308 g/mol. The number of benzene rings is 1. The molecule has 1 aliphatic rings. The number of hydrogen-bond donors (Lipinski definition) is 1. The van der Waals surface area contributed by atoms with Crippen molar-refractivity contribution in [2.45, 2.75) is 0 Å². The number of likely N-dealkylation sites (tertiary alicyclic amines) is 1. The highest BCUT2D eigenvalue weighted by atomic mass is 16.5. The normalized spacial score (nSPS) is 19.9. The van der Waals surface area contributed by atoms with Gasteiger partial charge in [0.25, 0.3) is 5.91 Å². The van der Waals surface area contributed by atoms with Crippen molar-refractivity contribution in [1.82, 2.24) is 15.1 Å². The van der Waals surface area contributed by atoms with Crippen LogP contribution in [0.1, 0.15) is 10.5 Å². The third-order valence-corrected chi connectivity index (χ3v) is 4.09. The molecule has 1 saturated heterocycles. The summed E-state index contributed by atoms with van der Waals surface area (Å²) in [5, 5.41) is 7.54. The monoisotopic (exact) mass is 326 g/mol. The van der Waals surface area contributed by atoms with Crippen LogP contribution in [0.3, 0.4) is 0 Å². The van der Waals surface area contributed by atoms with Gasteiger partial charge in [-0.2, -0.15) is 5.10 Å². The Kier molecular flexibility index (Phi) is 4.69. The Morgan fingerprint density at radius 3 is 2.62 bits per heavy atom. The third kappa shape index (κ3) is 3.51. The molecule has 2 N–H and O–H groups in total. The fraction of sp³-hybridized carbons (Fsp3) is 0.294. The van der Waals surface area contributed by atoms with Crippen LogP contribution < -0.4 is 10.5 Å². The molecule has 24 heavy (non-hydrogen) atoms. The van der Waals surface area contributed by atoms with Gasteiger partial charge in [-0.3, -0.25) is 9.59 Å². The van der Waals surface area contributed by atoms with Crippen molar-refractivity contribution in [2.75, 3.05) is 19.7 Å². The molecule has 1 aromatic heterocycles. The Labute approximate surface area is 139 Å². The summed E-state index contributed by atoms with van der Waals surface area (Å²) in [7, 11) is 0. The van der Waals surface area contributed by atoms with Gasteiger partial charge in [-0.25, -0.2) is 0 Å². The van der Waals surface area contributed by atoms with Crippen LogP contribution in [0.4, 0.5) is 0 Å². The molecule has 2 atom stereocenters. The molecular formula is C17H18N4O3. The van der Waals surface area contributed by atoms with Crippen molar-refractivity contribution in [1.29, 1.82) is 0 Å². The molecule has 2 amide bonds. The van der Waals surface area contributed by atoms with Gasteiger partial charge in [0, 0.05) is 25.2 Å². The molecule has 1 aromatic carbocycles. The lowest BCUT2D eigenvalue weighted by atomic mass is 9.96. The zero-order valence-corrected chi connectivity index (χ0v) is 13.0. The van der Waals surface area contributed by atoms with E-state index in [1.165, 1.54) is 6.20 Å². The maximum atomic E-state index is 12.5. The zero-order valence-electron chi connectivity index (χ0n) is 13.0. The van der Waals surface area contributed by atoms with Crippen LogP contribution in [0.25, 0.3) is 0 Å². The van der Waals surface area contributed by atoms with Gasteiger partial charge >= 0.3 is 0 Å². The summed E-state index contributed by atoms with van der Waals surface area (Å²) < 4.78 is 5.73. The van der Waals surface area contributed by atoms with Crippen LogP contribution in [-0.4, -0.2) is 46.6 Å². The first-order valence-corrected chi connectivity index (χ1v) is 7.69. The smallest absolute Gasteiger partial charge is 0.274 e. The number of carbonyl (C=O) groups excluding carboxylic acids is 2. The zero-order chi connectivity index (χ0) is 16.9. The predicted octanol–water partition coefficient (Wildman–Crippen LogP) is 0.729. The minimum Gasteiger partial charge on any atom is -0.493 e. The topological polar surface area (TPSA) is 98.4 Å². The standard InChI is InChI=1S/C17H18N4O3/c18-16(22)14-10-21(17(23)15-7-4-8-19-20-15)9-12(14)11-24-13-5-2-1-3-6-13/h1-8,12,14H,9-11H2,(H2,18,22)/t12-,14+/m0/s1. The van der Waals surface area contributed by atoms with Crippen molar-refractivity contribution in [3.8, 4) is 5.75 Å². The second kappa shape index (κ2) is 7.08. The van der Waals surface area contributed by atoms with Gasteiger partial charge in [0.15, 0.2) is 5.69 Å². The first kappa shape index (κ1) is 15.9. The number of para-hydroxylation sites is 1. The second-order valence-electron chi connectivity index (χ2n) is 5.71. The molecule has 0 aliphatic carbocycles. The first-order chi connectivity index (χ1) is 11.6. The van der Waals surface area contributed by atoms with E-state index in [0.717, 1.165) is 5.75 Å². The maximum absolute atomic E-state index is 12.5. The highest BCUT2D eigenvalue weighted by molar-refractivity contribution is 5.93. The number of hydrogen-bond acceptors (Lipinski definition) is 5. The average Bonchev–Trinajstić information content (AvgIpc) is 3.05. The summed E-state index contributed by atoms with van der Waals surface area (Å²) in [6, 6.07) is 12.6. The number of amides is 2. The van der Waals surface area contributed by atoms with E-state index in [4.69, 9.17) is 10.5 Å². The van der Waals surface area contributed by atoms with Crippen LogP contribution in [0.15, 0.2) is 48.7 Å². The number of aromatic nitrogens is 2. The minimum atomic E-state index is -0.436. The van der Waals surface area contributed by atoms with Gasteiger partial charge in [0.05, 0.1) is 12.5 Å². The Bertz CT molecular complexity index is 708. The van der Waals surface area contributed by atoms with Gasteiger partial charge in [0.2, 0.25) is 5.91 Å². The average molecular weight is 326 g/mol. The molecule has 7 heteroatoms. The Balaban J connectivity index is 1.68. The summed E-state index contributed by atoms with van der Waals surface area (Å²) >= 11 is 0. The highest BCUT2D eigenvalue weighted by Gasteiger charge is 2.39. The SMILES string of the molecule is NC(=O)[C@@H]1CN(C(=O)c2cccnn2)C[C@H]1COc1ccccc1. The number of nitrogens with zero attached hydrogens (tertiary/aromatic N) is 3. The molecule has 124 valence electrons. The number of carbonyl (C=O) groups is 2. The van der Waals surface area contributed by atoms with Gasteiger partial charge in [-0.15, -0.1) is 5.10 Å². The Hall–Kier alpha value is -2.96. The lowest BCUT2D eigenvalue weighted by Gasteiger charge is -2.16. The number of ether oxygens (including phenoxy) is 1. The number of rotatable bonds is 5.